The molecule has 0 fully saturated rings. The molecular weight excluding hydrogens is 264 g/mol. The second kappa shape index (κ2) is 5.75. The fraction of sp³-hybridized carbons (Fsp3) is 0.286. The van der Waals surface area contributed by atoms with Crippen LogP contribution in [0, 0.1) is 0 Å². The summed E-state index contributed by atoms with van der Waals surface area (Å²) in [5.41, 5.74) is 0.684. The van der Waals surface area contributed by atoms with E-state index in [1.165, 1.54) is 20.1 Å². The Morgan fingerprint density at radius 2 is 2.10 bits per heavy atom. The highest BCUT2D eigenvalue weighted by molar-refractivity contribution is 5.86. The molecule has 0 saturated heterocycles. The van der Waals surface area contributed by atoms with Crippen molar-refractivity contribution in [2.45, 2.75) is 20.1 Å². The van der Waals surface area contributed by atoms with Gasteiger partial charge < -0.3 is 19.0 Å². The molecule has 1 heterocycles. The SMILES string of the molecule is COc1c(CO)ccc2c(COC(C)=O)cc(=O)oc12. The number of esters is 1. The highest BCUT2D eigenvalue weighted by Crippen LogP contribution is 2.31. The van der Waals surface area contributed by atoms with E-state index in [4.69, 9.17) is 13.9 Å². The van der Waals surface area contributed by atoms with E-state index in [9.17, 15) is 14.7 Å². The molecule has 6 heteroatoms. The maximum absolute atomic E-state index is 11.6. The van der Waals surface area contributed by atoms with E-state index in [1.54, 1.807) is 12.1 Å². The van der Waals surface area contributed by atoms with Crippen LogP contribution in [0.1, 0.15) is 18.1 Å². The first kappa shape index (κ1) is 14.1. The fourth-order valence-electron chi connectivity index (χ4n) is 1.95. The summed E-state index contributed by atoms with van der Waals surface area (Å²) >= 11 is 0. The highest BCUT2D eigenvalue weighted by Gasteiger charge is 2.14. The molecule has 0 aliphatic heterocycles. The van der Waals surface area contributed by atoms with E-state index in [-0.39, 0.29) is 18.8 Å². The van der Waals surface area contributed by atoms with Gasteiger partial charge in [0.05, 0.1) is 13.7 Å². The first-order chi connectivity index (χ1) is 9.56. The average molecular weight is 278 g/mol. The van der Waals surface area contributed by atoms with Crippen LogP contribution in [0.4, 0.5) is 0 Å². The van der Waals surface area contributed by atoms with Gasteiger partial charge in [0.1, 0.15) is 6.61 Å². The summed E-state index contributed by atoms with van der Waals surface area (Å²) in [4.78, 5) is 22.5. The van der Waals surface area contributed by atoms with E-state index < -0.39 is 11.6 Å². The van der Waals surface area contributed by atoms with E-state index in [0.29, 0.717) is 22.3 Å². The van der Waals surface area contributed by atoms with Crippen LogP contribution in [0.15, 0.2) is 27.4 Å². The molecule has 0 atom stereocenters. The molecule has 0 radical (unpaired) electrons. The Balaban J connectivity index is 2.65. The van der Waals surface area contributed by atoms with Crippen molar-refractivity contribution in [3.05, 3.63) is 39.7 Å². The van der Waals surface area contributed by atoms with Crippen LogP contribution < -0.4 is 10.4 Å². The molecule has 20 heavy (non-hydrogen) atoms. The molecule has 0 aliphatic carbocycles. The van der Waals surface area contributed by atoms with E-state index in [1.807, 2.05) is 0 Å². The van der Waals surface area contributed by atoms with Gasteiger partial charge in [-0.2, -0.15) is 0 Å². The van der Waals surface area contributed by atoms with Gasteiger partial charge in [0.15, 0.2) is 11.3 Å². The summed E-state index contributed by atoms with van der Waals surface area (Å²) < 4.78 is 15.2. The van der Waals surface area contributed by atoms with Crippen LogP contribution in [-0.2, 0) is 22.7 Å². The number of aliphatic hydroxyl groups is 1. The lowest BCUT2D eigenvalue weighted by Crippen LogP contribution is -2.06. The second-order valence-corrected chi connectivity index (χ2v) is 4.16. The third kappa shape index (κ3) is 2.65. The number of aliphatic hydroxyl groups excluding tert-OH is 1. The lowest BCUT2D eigenvalue weighted by Gasteiger charge is -2.11. The largest absolute Gasteiger partial charge is 0.492 e. The van der Waals surface area contributed by atoms with Crippen molar-refractivity contribution >= 4 is 16.9 Å². The Kier molecular flexibility index (Phi) is 4.05. The summed E-state index contributed by atoms with van der Waals surface area (Å²) in [5.74, 6) is -0.142. The van der Waals surface area contributed by atoms with Crippen LogP contribution in [0.2, 0.25) is 0 Å². The van der Waals surface area contributed by atoms with Crippen molar-refractivity contribution in [3.63, 3.8) is 0 Å². The Labute approximate surface area is 114 Å². The predicted molar refractivity (Wildman–Crippen MR) is 70.4 cm³/mol. The Bertz CT molecular complexity index is 701. The first-order valence-electron chi connectivity index (χ1n) is 5.93. The third-order valence-corrected chi connectivity index (χ3v) is 2.84. The van der Waals surface area contributed by atoms with Crippen LogP contribution in [0.5, 0.6) is 5.75 Å². The zero-order chi connectivity index (χ0) is 14.7. The van der Waals surface area contributed by atoms with Gasteiger partial charge in [0, 0.05) is 29.5 Å². The number of carbonyl (C=O) groups is 1. The predicted octanol–water partition coefficient (Wildman–Crippen LogP) is 1.36. The number of benzene rings is 1. The Morgan fingerprint density at radius 3 is 2.70 bits per heavy atom. The number of hydrogen-bond donors (Lipinski definition) is 1. The van der Waals surface area contributed by atoms with Gasteiger partial charge in [0.25, 0.3) is 0 Å². The molecule has 6 nitrogen and oxygen atoms in total. The van der Waals surface area contributed by atoms with Gasteiger partial charge in [-0.1, -0.05) is 12.1 Å². The standard InChI is InChI=1S/C14H14O6/c1-8(16)19-7-10-5-12(17)20-14-11(10)4-3-9(6-15)13(14)18-2/h3-5,15H,6-7H2,1-2H3. The molecule has 0 saturated carbocycles. The molecule has 2 rings (SSSR count). The lowest BCUT2D eigenvalue weighted by molar-refractivity contribution is -0.142. The number of ether oxygens (including phenoxy) is 2. The van der Waals surface area contributed by atoms with Crippen molar-refractivity contribution in [2.24, 2.45) is 0 Å². The van der Waals surface area contributed by atoms with Gasteiger partial charge >= 0.3 is 11.6 Å². The summed E-state index contributed by atoms with van der Waals surface area (Å²) in [6, 6.07) is 4.62. The quantitative estimate of drug-likeness (QED) is 0.671. The van der Waals surface area contributed by atoms with Gasteiger partial charge in [-0.25, -0.2) is 4.79 Å². The minimum atomic E-state index is -0.576. The number of carbonyl (C=O) groups excluding carboxylic acids is 1. The molecule has 0 bridgehead atoms. The van der Waals surface area contributed by atoms with Gasteiger partial charge in [-0.15, -0.1) is 0 Å². The topological polar surface area (TPSA) is 86.0 Å². The smallest absolute Gasteiger partial charge is 0.336 e. The maximum Gasteiger partial charge on any atom is 0.336 e. The minimum Gasteiger partial charge on any atom is -0.492 e. The number of rotatable bonds is 4. The average Bonchev–Trinajstić information content (AvgIpc) is 2.43. The van der Waals surface area contributed by atoms with Crippen molar-refractivity contribution in [2.75, 3.05) is 7.11 Å². The summed E-state index contributed by atoms with van der Waals surface area (Å²) in [7, 11) is 1.42. The van der Waals surface area contributed by atoms with Crippen molar-refractivity contribution < 1.29 is 23.8 Å². The van der Waals surface area contributed by atoms with E-state index in [0.717, 1.165) is 0 Å². The molecular formula is C14H14O6. The van der Waals surface area contributed by atoms with Gasteiger partial charge in [0.2, 0.25) is 0 Å². The molecule has 1 aromatic carbocycles. The zero-order valence-electron chi connectivity index (χ0n) is 11.1. The molecule has 106 valence electrons. The Morgan fingerprint density at radius 1 is 1.35 bits per heavy atom. The van der Waals surface area contributed by atoms with Gasteiger partial charge in [-0.3, -0.25) is 4.79 Å². The minimum absolute atomic E-state index is 0.0287. The van der Waals surface area contributed by atoms with Crippen molar-refractivity contribution in [1.82, 2.24) is 0 Å². The molecule has 0 amide bonds. The third-order valence-electron chi connectivity index (χ3n) is 2.84. The normalized spacial score (nSPS) is 10.6. The summed E-state index contributed by atoms with van der Waals surface area (Å²) in [6.07, 6.45) is 0. The monoisotopic (exact) mass is 278 g/mol. The second-order valence-electron chi connectivity index (χ2n) is 4.16. The molecule has 1 N–H and O–H groups in total. The van der Waals surface area contributed by atoms with Crippen LogP contribution >= 0.6 is 0 Å². The number of fused-ring (bicyclic) bond motifs is 1. The van der Waals surface area contributed by atoms with Crippen molar-refractivity contribution in [1.29, 1.82) is 0 Å². The zero-order valence-corrected chi connectivity index (χ0v) is 11.1. The van der Waals surface area contributed by atoms with Crippen LogP contribution in [-0.4, -0.2) is 18.2 Å². The first-order valence-corrected chi connectivity index (χ1v) is 5.93. The van der Waals surface area contributed by atoms with E-state index in [2.05, 4.69) is 0 Å². The number of hydrogen-bond acceptors (Lipinski definition) is 6. The highest BCUT2D eigenvalue weighted by atomic mass is 16.5. The summed E-state index contributed by atoms with van der Waals surface area (Å²) in [5, 5.41) is 9.85. The lowest BCUT2D eigenvalue weighted by atomic mass is 10.1. The van der Waals surface area contributed by atoms with Crippen LogP contribution in [0.25, 0.3) is 11.0 Å². The molecule has 0 unspecified atom stereocenters. The molecule has 1 aromatic heterocycles. The van der Waals surface area contributed by atoms with Gasteiger partial charge in [-0.05, 0) is 0 Å². The molecule has 0 spiro atoms. The van der Waals surface area contributed by atoms with Crippen molar-refractivity contribution in [3.8, 4) is 5.75 Å². The Hall–Kier alpha value is -2.34. The van der Waals surface area contributed by atoms with E-state index >= 15 is 0 Å². The maximum atomic E-state index is 11.6. The fourth-order valence-corrected chi connectivity index (χ4v) is 1.95. The molecule has 0 aliphatic rings. The molecule has 2 aromatic rings. The summed E-state index contributed by atoms with van der Waals surface area (Å²) in [6.45, 7) is 1.02. The number of methoxy groups -OCH3 is 1. The van der Waals surface area contributed by atoms with Crippen LogP contribution in [0.3, 0.4) is 0 Å².